The third-order valence-corrected chi connectivity index (χ3v) is 21.6. The molecule has 10 aromatic rings. The van der Waals surface area contributed by atoms with Gasteiger partial charge in [-0.3, -0.25) is 0 Å². The number of benzene rings is 10. The van der Waals surface area contributed by atoms with Crippen molar-refractivity contribution in [3.8, 4) is 66.8 Å². The smallest absolute Gasteiger partial charge is 0.399 e. The van der Waals surface area contributed by atoms with Crippen molar-refractivity contribution in [2.24, 2.45) is 0 Å². The average molecular weight is 1210 g/mol. The highest BCUT2D eigenvalue weighted by Gasteiger charge is 2.54. The molecule has 0 atom stereocenters. The highest BCUT2D eigenvalue weighted by Crippen LogP contribution is 2.51. The van der Waals surface area contributed by atoms with Gasteiger partial charge in [-0.1, -0.05) is 182 Å². The number of fused-ring (bicyclic) bond motifs is 9. The van der Waals surface area contributed by atoms with Crippen LogP contribution in [-0.2, 0) is 27.9 Å². The van der Waals surface area contributed by atoms with Crippen molar-refractivity contribution in [1.29, 1.82) is 0 Å². The molecule has 0 amide bonds. The normalized spacial score (nSPS) is 19.9. The molecule has 0 radical (unpaired) electrons. The lowest BCUT2D eigenvalue weighted by molar-refractivity contribution is 0.00578. The van der Waals surface area contributed by atoms with Gasteiger partial charge >= 0.3 is 21.4 Å². The number of hydrogen-bond acceptors (Lipinski definition) is 6. The van der Waals surface area contributed by atoms with Crippen molar-refractivity contribution >= 4 is 72.7 Å². The molecule has 3 heterocycles. The molecule has 0 N–H and O–H groups in total. The summed E-state index contributed by atoms with van der Waals surface area (Å²) < 4.78 is 39.4. The SMILES string of the molecule is CC1(C)OB(c2cccc(/C=C3\c4ccccc4-c4ccc(-c5cc(-c6ccc7c(c6)/C(=C/c6cccc(B8OC(C)(C)C(C)(C)O8)c6)c6ccccc6-7)cc(-c6ccc7c(c6)/C(=C/c6cccc(B8OC(C)(C)C(C)(C)O8)c6)c6ccccc6-7)c5)cc43)c2)OC1(C)C. The molecule has 0 unspecified atom stereocenters. The van der Waals surface area contributed by atoms with E-state index < -0.39 is 55.0 Å². The monoisotopic (exact) mass is 1210 g/mol. The highest BCUT2D eigenvalue weighted by molar-refractivity contribution is 6.63. The number of hydrogen-bond donors (Lipinski definition) is 0. The minimum absolute atomic E-state index is 0.448. The lowest BCUT2D eigenvalue weighted by Crippen LogP contribution is -2.41. The van der Waals surface area contributed by atoms with E-state index in [4.69, 9.17) is 27.9 Å². The summed E-state index contributed by atoms with van der Waals surface area (Å²) in [6.07, 6.45) is 7.02. The van der Waals surface area contributed by atoms with Gasteiger partial charge in [0.25, 0.3) is 0 Å². The van der Waals surface area contributed by atoms with Crippen LogP contribution >= 0.6 is 0 Å². The van der Waals surface area contributed by atoms with Crippen molar-refractivity contribution in [2.75, 3.05) is 0 Å². The first-order chi connectivity index (χ1) is 44.5. The maximum absolute atomic E-state index is 6.56. The highest BCUT2D eigenvalue weighted by atomic mass is 16.7. The first-order valence-corrected chi connectivity index (χ1v) is 32.9. The van der Waals surface area contributed by atoms with Gasteiger partial charge in [0.05, 0.1) is 33.6 Å². The van der Waals surface area contributed by atoms with E-state index in [-0.39, 0.29) is 0 Å². The van der Waals surface area contributed by atoms with Gasteiger partial charge in [-0.2, -0.15) is 0 Å². The summed E-state index contributed by atoms with van der Waals surface area (Å²) in [7, 11) is -1.40. The van der Waals surface area contributed by atoms with Crippen molar-refractivity contribution in [3.63, 3.8) is 0 Å². The van der Waals surface area contributed by atoms with Gasteiger partial charge in [0.1, 0.15) is 0 Å². The second kappa shape index (κ2) is 21.5. The Morgan fingerprint density at radius 3 is 0.710 bits per heavy atom. The Morgan fingerprint density at radius 1 is 0.215 bits per heavy atom. The van der Waals surface area contributed by atoms with Crippen LogP contribution in [0.2, 0.25) is 0 Å². The molecule has 9 heteroatoms. The van der Waals surface area contributed by atoms with Crippen molar-refractivity contribution in [1.82, 2.24) is 0 Å². The molecular formula is C84H75B3O6. The summed E-state index contributed by atoms with van der Waals surface area (Å²) >= 11 is 0. The summed E-state index contributed by atoms with van der Waals surface area (Å²) in [5.74, 6) is 0. The quantitative estimate of drug-likeness (QED) is 0.134. The standard InChI is InChI=1S/C84H75B3O6/c1-79(2)80(3,4)89-85(88-79)61-25-19-22-52(40-61)43-73-67-31-16-13-28-64(67)70-37-34-55(49-76(70)73)58-46-59(56-35-38-71-65-29-14-17-32-68(65)74(77(71)50-56)44-53-23-20-26-62(41-53)86-90-81(5,6)82(7,8)91-86)48-60(47-58)57-36-39-72-66-30-15-18-33-69(66)75(78(72)51-57)45-54-24-21-27-63(42-54)87-92-83(9,10)84(11,12)93-87/h13-51H,1-12H3/b73-43+,74-44+,75-45+. The van der Waals surface area contributed by atoms with Crippen LogP contribution in [0.5, 0.6) is 0 Å². The fourth-order valence-corrected chi connectivity index (χ4v) is 14.3. The number of rotatable bonds is 9. The van der Waals surface area contributed by atoms with Crippen LogP contribution in [0.25, 0.3) is 102 Å². The second-order valence-electron chi connectivity index (χ2n) is 29.2. The molecular weight excluding hydrogens is 1140 g/mol. The molecule has 456 valence electrons. The lowest BCUT2D eigenvalue weighted by atomic mass is 9.78. The van der Waals surface area contributed by atoms with Gasteiger partial charge < -0.3 is 27.9 Å². The summed E-state index contributed by atoms with van der Waals surface area (Å²) in [5.41, 5.74) is 28.5. The zero-order valence-corrected chi connectivity index (χ0v) is 55.2. The third-order valence-electron chi connectivity index (χ3n) is 21.6. The summed E-state index contributed by atoms with van der Waals surface area (Å²) in [4.78, 5) is 0. The minimum atomic E-state index is -0.465. The molecule has 10 aromatic carbocycles. The molecule has 0 spiro atoms. The molecule has 6 nitrogen and oxygen atoms in total. The van der Waals surface area contributed by atoms with E-state index in [9.17, 15) is 0 Å². The Kier molecular flexibility index (Phi) is 13.7. The first kappa shape index (κ1) is 59.4. The Labute approximate surface area is 549 Å². The Morgan fingerprint density at radius 2 is 0.452 bits per heavy atom. The van der Waals surface area contributed by atoms with Crippen LogP contribution in [-0.4, -0.2) is 55.0 Å². The third kappa shape index (κ3) is 10.1. The van der Waals surface area contributed by atoms with E-state index in [1.165, 1.54) is 83.5 Å². The topological polar surface area (TPSA) is 55.4 Å². The van der Waals surface area contributed by atoms with Gasteiger partial charge in [-0.25, -0.2) is 0 Å². The predicted molar refractivity (Wildman–Crippen MR) is 386 cm³/mol. The maximum atomic E-state index is 6.56. The van der Waals surface area contributed by atoms with E-state index in [1.807, 2.05) is 0 Å². The molecule has 3 aliphatic heterocycles. The zero-order chi connectivity index (χ0) is 64.1. The molecule has 16 rings (SSSR count). The van der Waals surface area contributed by atoms with Crippen molar-refractivity contribution < 1.29 is 27.9 Å². The largest absolute Gasteiger partial charge is 0.494 e. The molecule has 0 saturated carbocycles. The van der Waals surface area contributed by atoms with Crippen LogP contribution < -0.4 is 16.4 Å². The fraction of sp³-hybridized carbons (Fsp3) is 0.214. The van der Waals surface area contributed by atoms with Crippen LogP contribution in [0.15, 0.2) is 218 Å². The molecule has 3 aliphatic carbocycles. The average Bonchev–Trinajstić information content (AvgIpc) is 1.63. The molecule has 93 heavy (non-hydrogen) atoms. The Balaban J connectivity index is 0.833. The maximum Gasteiger partial charge on any atom is 0.494 e. The summed E-state index contributed by atoms with van der Waals surface area (Å²) in [5, 5.41) is 0. The van der Waals surface area contributed by atoms with Crippen molar-refractivity contribution in [3.05, 3.63) is 268 Å². The van der Waals surface area contributed by atoms with E-state index in [1.54, 1.807) is 0 Å². The van der Waals surface area contributed by atoms with E-state index in [0.717, 1.165) is 66.5 Å². The van der Waals surface area contributed by atoms with Crippen molar-refractivity contribution in [2.45, 2.75) is 117 Å². The molecule has 3 saturated heterocycles. The zero-order valence-electron chi connectivity index (χ0n) is 55.2. The van der Waals surface area contributed by atoms with Crippen LogP contribution in [0.4, 0.5) is 0 Å². The fourth-order valence-electron chi connectivity index (χ4n) is 14.3. The van der Waals surface area contributed by atoms with Crippen LogP contribution in [0, 0.1) is 0 Å². The van der Waals surface area contributed by atoms with Gasteiger partial charge in [0.15, 0.2) is 0 Å². The van der Waals surface area contributed by atoms with Gasteiger partial charge in [0.2, 0.25) is 0 Å². The second-order valence-corrected chi connectivity index (χ2v) is 29.2. The van der Waals surface area contributed by atoms with E-state index in [2.05, 4.69) is 320 Å². The first-order valence-electron chi connectivity index (χ1n) is 32.9. The van der Waals surface area contributed by atoms with Gasteiger partial charge in [-0.15, -0.1) is 0 Å². The van der Waals surface area contributed by atoms with E-state index >= 15 is 0 Å². The minimum Gasteiger partial charge on any atom is -0.399 e. The Hall–Kier alpha value is -8.63. The molecule has 6 aliphatic rings. The molecule has 0 bridgehead atoms. The molecule has 0 aromatic heterocycles. The summed E-state index contributed by atoms with van der Waals surface area (Å²) in [6, 6.07) is 80.7. The van der Waals surface area contributed by atoms with E-state index in [0.29, 0.717) is 0 Å². The summed E-state index contributed by atoms with van der Waals surface area (Å²) in [6.45, 7) is 25.3. The van der Waals surface area contributed by atoms with Crippen LogP contribution in [0.1, 0.15) is 133 Å². The Bertz CT molecular complexity index is 4320. The van der Waals surface area contributed by atoms with Gasteiger partial charge in [0, 0.05) is 0 Å². The predicted octanol–water partition coefficient (Wildman–Crippen LogP) is 18.3. The molecule has 3 fully saturated rings. The van der Waals surface area contributed by atoms with Gasteiger partial charge in [-0.05, 0) is 288 Å². The van der Waals surface area contributed by atoms with Crippen LogP contribution in [0.3, 0.4) is 0 Å². The lowest BCUT2D eigenvalue weighted by Gasteiger charge is -2.32.